The number of benzene rings is 2. The minimum Gasteiger partial charge on any atom is -0.484 e. The van der Waals surface area contributed by atoms with Gasteiger partial charge >= 0.3 is 5.97 Å². The van der Waals surface area contributed by atoms with E-state index in [1.807, 2.05) is 6.07 Å². The highest BCUT2D eigenvalue weighted by molar-refractivity contribution is 8.00. The van der Waals surface area contributed by atoms with Crippen LogP contribution in [0.4, 0.5) is 5.69 Å². The van der Waals surface area contributed by atoms with E-state index in [1.165, 1.54) is 40.9 Å². The third-order valence-corrected chi connectivity index (χ3v) is 6.72. The Morgan fingerprint density at radius 2 is 1.88 bits per heavy atom. The molecule has 4 rings (SSSR count). The maximum atomic E-state index is 12.8. The van der Waals surface area contributed by atoms with Crippen molar-refractivity contribution in [2.75, 3.05) is 12.4 Å². The number of esters is 1. The molecule has 2 aromatic rings. The number of ether oxygens (including phenoxy) is 2. The summed E-state index contributed by atoms with van der Waals surface area (Å²) in [6.07, 6.45) is 0. The van der Waals surface area contributed by atoms with Crippen LogP contribution in [0.15, 0.2) is 65.9 Å². The van der Waals surface area contributed by atoms with Gasteiger partial charge in [0.25, 0.3) is 17.5 Å². The number of carbonyl (C=O) groups is 3. The molecule has 0 spiro atoms. The zero-order valence-electron chi connectivity index (χ0n) is 18.1. The standard InChI is InChI=1S/C23H21N3O7S/c1-14-13-34-22-19(24-18(27)12-32-17-5-3-2-4-6-17)21(28)25(22)20(14)23(29)33-11-15-7-9-16(10-8-15)26(30)31/h2-10,19,22H,11-13H2,1H3,(H,24,27). The number of non-ortho nitro benzene ring substituents is 1. The topological polar surface area (TPSA) is 128 Å². The number of para-hydroxylation sites is 1. The van der Waals surface area contributed by atoms with Gasteiger partial charge in [0.2, 0.25) is 0 Å². The summed E-state index contributed by atoms with van der Waals surface area (Å²) in [5, 5.41) is 13.0. The van der Waals surface area contributed by atoms with Gasteiger partial charge in [-0.15, -0.1) is 11.8 Å². The molecule has 0 bridgehead atoms. The van der Waals surface area contributed by atoms with Crippen molar-refractivity contribution in [1.82, 2.24) is 10.2 Å². The summed E-state index contributed by atoms with van der Waals surface area (Å²) in [6.45, 7) is 1.42. The average molecular weight is 484 g/mol. The van der Waals surface area contributed by atoms with Crippen molar-refractivity contribution in [1.29, 1.82) is 0 Å². The molecule has 1 fully saturated rings. The van der Waals surface area contributed by atoms with Crippen LogP contribution < -0.4 is 10.1 Å². The van der Waals surface area contributed by atoms with Crippen molar-refractivity contribution in [3.63, 3.8) is 0 Å². The third-order valence-electron chi connectivity index (χ3n) is 5.30. The summed E-state index contributed by atoms with van der Waals surface area (Å²) in [6, 6.07) is 13.8. The van der Waals surface area contributed by atoms with Crippen LogP contribution >= 0.6 is 11.8 Å². The highest BCUT2D eigenvalue weighted by atomic mass is 32.2. The first-order valence-corrected chi connectivity index (χ1v) is 11.4. The lowest BCUT2D eigenvalue weighted by atomic mass is 10.0. The second-order valence-corrected chi connectivity index (χ2v) is 8.79. The van der Waals surface area contributed by atoms with Crippen LogP contribution in [0.3, 0.4) is 0 Å². The van der Waals surface area contributed by atoms with Gasteiger partial charge in [0.1, 0.15) is 29.5 Å². The van der Waals surface area contributed by atoms with E-state index in [0.717, 1.165) is 0 Å². The number of nitro groups is 1. The van der Waals surface area contributed by atoms with Gasteiger partial charge in [-0.2, -0.15) is 0 Å². The van der Waals surface area contributed by atoms with Gasteiger partial charge in [-0.25, -0.2) is 4.79 Å². The molecule has 0 saturated carbocycles. The molecular weight excluding hydrogens is 462 g/mol. The van der Waals surface area contributed by atoms with Gasteiger partial charge in [0, 0.05) is 17.9 Å². The second kappa shape index (κ2) is 9.96. The van der Waals surface area contributed by atoms with Crippen molar-refractivity contribution in [2.24, 2.45) is 0 Å². The van der Waals surface area contributed by atoms with E-state index in [0.29, 0.717) is 22.6 Å². The van der Waals surface area contributed by atoms with E-state index < -0.39 is 34.1 Å². The summed E-state index contributed by atoms with van der Waals surface area (Å²) in [4.78, 5) is 49.5. The third kappa shape index (κ3) is 4.88. The Balaban J connectivity index is 1.34. The normalized spacial score (nSPS) is 19.1. The van der Waals surface area contributed by atoms with Gasteiger partial charge in [-0.3, -0.25) is 24.6 Å². The molecule has 2 aliphatic heterocycles. The first-order chi connectivity index (χ1) is 16.3. The van der Waals surface area contributed by atoms with Crippen molar-refractivity contribution in [3.05, 3.63) is 81.5 Å². The Hall–Kier alpha value is -3.86. The van der Waals surface area contributed by atoms with Crippen LogP contribution in [0.5, 0.6) is 5.75 Å². The molecule has 2 unspecified atom stereocenters. The molecule has 2 atom stereocenters. The van der Waals surface area contributed by atoms with Crippen molar-refractivity contribution in [3.8, 4) is 5.75 Å². The number of hydrogen-bond acceptors (Lipinski definition) is 8. The van der Waals surface area contributed by atoms with Gasteiger partial charge in [-0.1, -0.05) is 18.2 Å². The monoisotopic (exact) mass is 483 g/mol. The maximum Gasteiger partial charge on any atom is 0.355 e. The minimum atomic E-state index is -0.762. The van der Waals surface area contributed by atoms with Crippen molar-refractivity contribution < 1.29 is 28.8 Å². The smallest absolute Gasteiger partial charge is 0.355 e. The fraction of sp³-hybridized carbons (Fsp3) is 0.261. The van der Waals surface area contributed by atoms with Gasteiger partial charge < -0.3 is 14.8 Å². The number of rotatable bonds is 8. The fourth-order valence-electron chi connectivity index (χ4n) is 3.57. The molecule has 1 N–H and O–H groups in total. The molecule has 2 aromatic carbocycles. The van der Waals surface area contributed by atoms with Gasteiger partial charge in [0.15, 0.2) is 6.61 Å². The Morgan fingerprint density at radius 1 is 1.18 bits per heavy atom. The quantitative estimate of drug-likeness (QED) is 0.262. The Labute approximate surface area is 199 Å². The van der Waals surface area contributed by atoms with Crippen LogP contribution in [0.2, 0.25) is 0 Å². The van der Waals surface area contributed by atoms with Crippen LogP contribution in [0.1, 0.15) is 12.5 Å². The lowest BCUT2D eigenvalue weighted by Crippen LogP contribution is -2.70. The number of nitrogens with one attached hydrogen (secondary N) is 1. The first kappa shape index (κ1) is 23.3. The predicted molar refractivity (Wildman–Crippen MR) is 123 cm³/mol. The van der Waals surface area contributed by atoms with Crippen LogP contribution in [-0.4, -0.2) is 51.4 Å². The molecule has 0 aliphatic carbocycles. The molecule has 0 radical (unpaired) electrons. The molecule has 2 amide bonds. The van der Waals surface area contributed by atoms with E-state index >= 15 is 0 Å². The SMILES string of the molecule is CC1=C(C(=O)OCc2ccc([N+](=O)[O-])cc2)N2C(=O)C(NC(=O)COc3ccccc3)C2SC1. The molecule has 11 heteroatoms. The zero-order chi connectivity index (χ0) is 24.2. The molecule has 34 heavy (non-hydrogen) atoms. The van der Waals surface area contributed by atoms with E-state index in [9.17, 15) is 24.5 Å². The summed E-state index contributed by atoms with van der Waals surface area (Å²) < 4.78 is 10.8. The largest absolute Gasteiger partial charge is 0.484 e. The van der Waals surface area contributed by atoms with E-state index in [-0.39, 0.29) is 24.6 Å². The number of carbonyl (C=O) groups excluding carboxylic acids is 3. The van der Waals surface area contributed by atoms with Crippen LogP contribution in [0.25, 0.3) is 0 Å². The predicted octanol–water partition coefficient (Wildman–Crippen LogP) is 2.39. The van der Waals surface area contributed by atoms with E-state index in [2.05, 4.69) is 5.32 Å². The minimum absolute atomic E-state index is 0.0609. The number of nitrogens with zero attached hydrogens (tertiary/aromatic N) is 2. The van der Waals surface area contributed by atoms with E-state index in [4.69, 9.17) is 9.47 Å². The Kier molecular flexibility index (Phi) is 6.82. The summed E-state index contributed by atoms with van der Waals surface area (Å²) in [5.74, 6) is -0.444. The fourth-order valence-corrected chi connectivity index (χ4v) is 4.87. The van der Waals surface area contributed by atoms with Crippen LogP contribution in [0, 0.1) is 10.1 Å². The molecule has 10 nitrogen and oxygen atoms in total. The van der Waals surface area contributed by atoms with Crippen molar-refractivity contribution in [2.45, 2.75) is 24.9 Å². The highest BCUT2D eigenvalue weighted by Crippen LogP contribution is 2.40. The zero-order valence-corrected chi connectivity index (χ0v) is 18.9. The van der Waals surface area contributed by atoms with E-state index in [1.54, 1.807) is 31.2 Å². The molecule has 0 aromatic heterocycles. The molecular formula is C23H21N3O7S. The second-order valence-electron chi connectivity index (χ2n) is 7.69. The number of amides is 2. The Bertz CT molecular complexity index is 1150. The van der Waals surface area contributed by atoms with Crippen molar-refractivity contribution >= 4 is 35.2 Å². The molecule has 2 heterocycles. The summed E-state index contributed by atoms with van der Waals surface area (Å²) in [5.41, 5.74) is 1.38. The number of thioether (sulfide) groups is 1. The Morgan fingerprint density at radius 3 is 2.56 bits per heavy atom. The molecule has 176 valence electrons. The number of fused-ring (bicyclic) bond motifs is 1. The average Bonchev–Trinajstić information content (AvgIpc) is 2.85. The van der Waals surface area contributed by atoms with Crippen LogP contribution in [-0.2, 0) is 25.7 Å². The first-order valence-electron chi connectivity index (χ1n) is 10.4. The summed E-state index contributed by atoms with van der Waals surface area (Å²) in [7, 11) is 0. The van der Waals surface area contributed by atoms with Gasteiger partial charge in [-0.05, 0) is 42.3 Å². The lowest BCUT2D eigenvalue weighted by Gasteiger charge is -2.49. The molecule has 1 saturated heterocycles. The lowest BCUT2D eigenvalue weighted by molar-refractivity contribution is -0.384. The van der Waals surface area contributed by atoms with Gasteiger partial charge in [0.05, 0.1) is 4.92 Å². The highest BCUT2D eigenvalue weighted by Gasteiger charge is 2.54. The molecule has 2 aliphatic rings. The number of nitro benzene ring substituents is 1. The summed E-state index contributed by atoms with van der Waals surface area (Å²) >= 11 is 1.45. The number of hydrogen-bond donors (Lipinski definition) is 1. The maximum absolute atomic E-state index is 12.8. The number of β-lactam (4-membered cyclic amide) rings is 1.